The summed E-state index contributed by atoms with van der Waals surface area (Å²) in [4.78, 5) is 15.1. The molecule has 0 aromatic heterocycles. The largest absolute Gasteiger partial charge is 0.269 e. The Labute approximate surface area is 144 Å². The van der Waals surface area contributed by atoms with Crippen LogP contribution in [-0.4, -0.2) is 10.6 Å². The first-order valence-corrected chi connectivity index (χ1v) is 8.41. The predicted molar refractivity (Wildman–Crippen MR) is 101 cm³/mol. The number of aliphatic imine (C=N–C) groups is 1. The van der Waals surface area contributed by atoms with Crippen molar-refractivity contribution in [1.82, 2.24) is 0 Å². The van der Waals surface area contributed by atoms with Gasteiger partial charge >= 0.3 is 0 Å². The van der Waals surface area contributed by atoms with Crippen molar-refractivity contribution in [2.24, 2.45) is 4.99 Å². The molecule has 0 aliphatic heterocycles. The molecule has 0 heterocycles. The molecule has 2 rings (SSSR count). The second-order valence-electron chi connectivity index (χ2n) is 5.61. The fourth-order valence-corrected chi connectivity index (χ4v) is 2.11. The number of nitrogens with zero attached hydrogens (tertiary/aromatic N) is 2. The first kappa shape index (κ1) is 19.6. The molecule has 4 heteroatoms. The average molecular weight is 326 g/mol. The van der Waals surface area contributed by atoms with Crippen LogP contribution in [-0.2, 0) is 0 Å². The lowest BCUT2D eigenvalue weighted by atomic mass is 10.0. The van der Waals surface area contributed by atoms with E-state index in [0.717, 1.165) is 35.4 Å². The summed E-state index contributed by atoms with van der Waals surface area (Å²) in [5.41, 5.74) is 4.06. The molecule has 0 aliphatic rings. The van der Waals surface area contributed by atoms with E-state index in [4.69, 9.17) is 4.99 Å². The Hall–Kier alpha value is -2.49. The van der Waals surface area contributed by atoms with E-state index in [0.29, 0.717) is 0 Å². The third-order valence-electron chi connectivity index (χ3n) is 3.27. The Balaban J connectivity index is 0.000000891. The van der Waals surface area contributed by atoms with Crippen molar-refractivity contribution in [3.05, 3.63) is 69.8 Å². The molecule has 0 aliphatic carbocycles. The Bertz CT molecular complexity index is 676. The fourth-order valence-electron chi connectivity index (χ4n) is 2.11. The molecule has 2 aromatic rings. The number of para-hydroxylation sites is 1. The van der Waals surface area contributed by atoms with Crippen LogP contribution in [0.15, 0.2) is 53.5 Å². The Morgan fingerprint density at radius 3 is 2.12 bits per heavy atom. The van der Waals surface area contributed by atoms with Crippen LogP contribution in [0, 0.1) is 17.0 Å². The zero-order valence-electron chi connectivity index (χ0n) is 15.0. The van der Waals surface area contributed by atoms with Crippen LogP contribution in [0.5, 0.6) is 0 Å². The summed E-state index contributed by atoms with van der Waals surface area (Å²) in [6.45, 7) is 8.37. The number of nitro benzene ring substituents is 1. The van der Waals surface area contributed by atoms with Crippen molar-refractivity contribution in [3.63, 3.8) is 0 Å². The molecule has 0 radical (unpaired) electrons. The van der Waals surface area contributed by atoms with Gasteiger partial charge in [0.1, 0.15) is 0 Å². The van der Waals surface area contributed by atoms with Gasteiger partial charge in [0.2, 0.25) is 0 Å². The second kappa shape index (κ2) is 10.3. The molecule has 0 bridgehead atoms. The summed E-state index contributed by atoms with van der Waals surface area (Å²) in [5, 5.41) is 10.7. The average Bonchev–Trinajstić information content (AvgIpc) is 2.57. The Morgan fingerprint density at radius 1 is 1.04 bits per heavy atom. The van der Waals surface area contributed by atoms with Crippen LogP contribution < -0.4 is 0 Å². The van der Waals surface area contributed by atoms with E-state index in [2.05, 4.69) is 20.8 Å². The van der Waals surface area contributed by atoms with Crippen molar-refractivity contribution >= 4 is 17.1 Å². The lowest BCUT2D eigenvalue weighted by molar-refractivity contribution is -0.384. The lowest BCUT2D eigenvalue weighted by Crippen LogP contribution is -2.00. The smallest absolute Gasteiger partial charge is 0.258 e. The molecule has 0 N–H and O–H groups in total. The molecular formula is C20H26N2O2. The molecule has 128 valence electrons. The SMILES string of the molecule is CCC.CCCC(=Nc1ccccc1C)c1ccc([N+](=O)[O-])cc1. The van der Waals surface area contributed by atoms with Gasteiger partial charge in [0.05, 0.1) is 10.6 Å². The van der Waals surface area contributed by atoms with Gasteiger partial charge in [0, 0.05) is 17.8 Å². The molecule has 0 amide bonds. The van der Waals surface area contributed by atoms with E-state index in [-0.39, 0.29) is 10.6 Å². The highest BCUT2D eigenvalue weighted by molar-refractivity contribution is 6.02. The van der Waals surface area contributed by atoms with Crippen LogP contribution in [0.3, 0.4) is 0 Å². The Morgan fingerprint density at radius 2 is 1.62 bits per heavy atom. The number of aryl methyl sites for hydroxylation is 1. The minimum absolute atomic E-state index is 0.102. The van der Waals surface area contributed by atoms with Crippen LogP contribution in [0.4, 0.5) is 11.4 Å². The van der Waals surface area contributed by atoms with E-state index >= 15 is 0 Å². The molecule has 24 heavy (non-hydrogen) atoms. The van der Waals surface area contributed by atoms with E-state index in [1.807, 2.05) is 31.2 Å². The van der Waals surface area contributed by atoms with Gasteiger partial charge in [-0.3, -0.25) is 15.1 Å². The number of hydrogen-bond acceptors (Lipinski definition) is 3. The van der Waals surface area contributed by atoms with Crippen molar-refractivity contribution < 1.29 is 4.92 Å². The van der Waals surface area contributed by atoms with Gasteiger partial charge in [-0.25, -0.2) is 0 Å². The second-order valence-corrected chi connectivity index (χ2v) is 5.61. The van der Waals surface area contributed by atoms with E-state index in [1.165, 1.54) is 18.6 Å². The predicted octanol–water partition coefficient (Wildman–Crippen LogP) is 6.24. The quantitative estimate of drug-likeness (QED) is 0.371. The molecule has 2 aromatic carbocycles. The van der Waals surface area contributed by atoms with Crippen molar-refractivity contribution in [1.29, 1.82) is 0 Å². The monoisotopic (exact) mass is 326 g/mol. The highest BCUT2D eigenvalue weighted by atomic mass is 16.6. The van der Waals surface area contributed by atoms with Gasteiger partial charge in [-0.1, -0.05) is 51.8 Å². The number of nitro groups is 1. The maximum atomic E-state index is 10.7. The third kappa shape index (κ3) is 5.95. The summed E-state index contributed by atoms with van der Waals surface area (Å²) in [5.74, 6) is 0. The molecule has 0 unspecified atom stereocenters. The van der Waals surface area contributed by atoms with Gasteiger partial charge in [0.25, 0.3) is 5.69 Å². The van der Waals surface area contributed by atoms with Crippen LogP contribution in [0.2, 0.25) is 0 Å². The van der Waals surface area contributed by atoms with Gasteiger partial charge in [-0.15, -0.1) is 0 Å². The molecule has 0 saturated heterocycles. The molecular weight excluding hydrogens is 300 g/mol. The third-order valence-corrected chi connectivity index (χ3v) is 3.27. The van der Waals surface area contributed by atoms with Crippen LogP contribution >= 0.6 is 0 Å². The van der Waals surface area contributed by atoms with Crippen molar-refractivity contribution in [3.8, 4) is 0 Å². The molecule has 4 nitrogen and oxygen atoms in total. The zero-order chi connectivity index (χ0) is 17.9. The molecule has 0 atom stereocenters. The first-order chi connectivity index (χ1) is 11.5. The first-order valence-electron chi connectivity index (χ1n) is 8.41. The van der Waals surface area contributed by atoms with Gasteiger partial charge in [-0.05, 0) is 42.7 Å². The van der Waals surface area contributed by atoms with E-state index in [9.17, 15) is 10.1 Å². The van der Waals surface area contributed by atoms with Crippen molar-refractivity contribution in [2.75, 3.05) is 0 Å². The summed E-state index contributed by atoms with van der Waals surface area (Å²) in [6, 6.07) is 14.5. The lowest BCUT2D eigenvalue weighted by Gasteiger charge is -2.07. The fraction of sp³-hybridized carbons (Fsp3) is 0.350. The summed E-state index contributed by atoms with van der Waals surface area (Å²) in [6.07, 6.45) is 3.06. The van der Waals surface area contributed by atoms with Crippen LogP contribution in [0.25, 0.3) is 0 Å². The summed E-state index contributed by atoms with van der Waals surface area (Å²) in [7, 11) is 0. The topological polar surface area (TPSA) is 55.5 Å². The summed E-state index contributed by atoms with van der Waals surface area (Å²) >= 11 is 0. The van der Waals surface area contributed by atoms with E-state index in [1.54, 1.807) is 12.1 Å². The standard InChI is InChI=1S/C17H18N2O2.C3H8/c1-3-6-17(18-16-8-5-4-7-13(16)2)14-9-11-15(12-10-14)19(20)21;1-3-2/h4-5,7-12H,3,6H2,1-2H3;3H2,1-2H3. The van der Waals surface area contributed by atoms with Gasteiger partial charge in [-0.2, -0.15) is 0 Å². The maximum absolute atomic E-state index is 10.7. The van der Waals surface area contributed by atoms with Gasteiger partial charge in [0.15, 0.2) is 0 Å². The number of non-ortho nitro benzene ring substituents is 1. The molecule has 0 fully saturated rings. The Kier molecular flexibility index (Phi) is 8.41. The zero-order valence-corrected chi connectivity index (χ0v) is 15.0. The van der Waals surface area contributed by atoms with E-state index < -0.39 is 0 Å². The molecule has 0 spiro atoms. The van der Waals surface area contributed by atoms with Crippen LogP contribution in [0.1, 0.15) is 51.2 Å². The normalized spacial score (nSPS) is 10.8. The summed E-state index contributed by atoms with van der Waals surface area (Å²) < 4.78 is 0. The highest BCUT2D eigenvalue weighted by Crippen LogP contribution is 2.21. The number of benzene rings is 2. The minimum Gasteiger partial charge on any atom is -0.258 e. The number of hydrogen-bond donors (Lipinski definition) is 0. The maximum Gasteiger partial charge on any atom is 0.269 e. The molecule has 0 saturated carbocycles. The van der Waals surface area contributed by atoms with Crippen molar-refractivity contribution in [2.45, 2.75) is 47.0 Å². The van der Waals surface area contributed by atoms with Gasteiger partial charge < -0.3 is 0 Å². The minimum atomic E-state index is -0.387. The number of rotatable bonds is 5. The highest BCUT2D eigenvalue weighted by Gasteiger charge is 2.08.